The van der Waals surface area contributed by atoms with Crippen molar-refractivity contribution in [3.05, 3.63) is 29.8 Å². The van der Waals surface area contributed by atoms with Crippen LogP contribution in [0.15, 0.2) is 24.3 Å². The summed E-state index contributed by atoms with van der Waals surface area (Å²) in [7, 11) is 4.06. The highest BCUT2D eigenvalue weighted by atomic mass is 16.5. The van der Waals surface area contributed by atoms with Crippen LogP contribution in [0, 0.1) is 0 Å². The number of nitrogens with zero attached hydrogens (tertiary/aromatic N) is 1. The maximum atomic E-state index is 5.74. The number of nitrogens with one attached hydrogen (secondary N) is 1. The van der Waals surface area contributed by atoms with E-state index >= 15 is 0 Å². The SMILES string of the molecule is CCCOc1ccccc1C(CN(C)C)NN. The van der Waals surface area contributed by atoms with Crippen molar-refractivity contribution >= 4 is 0 Å². The summed E-state index contributed by atoms with van der Waals surface area (Å²) in [6, 6.07) is 8.12. The third-order valence-electron chi connectivity index (χ3n) is 2.51. The lowest BCUT2D eigenvalue weighted by molar-refractivity contribution is 0.299. The highest BCUT2D eigenvalue weighted by molar-refractivity contribution is 5.36. The number of rotatable bonds is 7. The van der Waals surface area contributed by atoms with Crippen molar-refractivity contribution in [1.29, 1.82) is 0 Å². The molecule has 1 aromatic rings. The molecule has 1 atom stereocenters. The van der Waals surface area contributed by atoms with E-state index in [0.29, 0.717) is 0 Å². The minimum atomic E-state index is 0.0815. The van der Waals surface area contributed by atoms with Crippen molar-refractivity contribution in [2.24, 2.45) is 5.84 Å². The Morgan fingerprint density at radius 1 is 1.35 bits per heavy atom. The predicted molar refractivity (Wildman–Crippen MR) is 70.8 cm³/mol. The Morgan fingerprint density at radius 3 is 2.65 bits per heavy atom. The molecule has 0 aromatic heterocycles. The van der Waals surface area contributed by atoms with Gasteiger partial charge in [-0.05, 0) is 26.6 Å². The van der Waals surface area contributed by atoms with Crippen LogP contribution in [0.5, 0.6) is 5.75 Å². The van der Waals surface area contributed by atoms with Gasteiger partial charge in [0.05, 0.1) is 12.6 Å². The molecular formula is C13H23N3O. The van der Waals surface area contributed by atoms with E-state index in [9.17, 15) is 0 Å². The van der Waals surface area contributed by atoms with Crippen LogP contribution < -0.4 is 16.0 Å². The molecule has 0 bridgehead atoms. The third-order valence-corrected chi connectivity index (χ3v) is 2.51. The topological polar surface area (TPSA) is 50.5 Å². The third kappa shape index (κ3) is 4.34. The van der Waals surface area contributed by atoms with Crippen LogP contribution in [0.25, 0.3) is 0 Å². The summed E-state index contributed by atoms with van der Waals surface area (Å²) in [5, 5.41) is 0. The molecule has 0 radical (unpaired) electrons. The first-order valence-corrected chi connectivity index (χ1v) is 6.01. The first-order chi connectivity index (χ1) is 8.19. The molecule has 0 saturated carbocycles. The van der Waals surface area contributed by atoms with Gasteiger partial charge < -0.3 is 9.64 Å². The molecule has 4 nitrogen and oxygen atoms in total. The van der Waals surface area contributed by atoms with E-state index in [4.69, 9.17) is 10.6 Å². The molecule has 0 amide bonds. The molecule has 1 rings (SSSR count). The minimum Gasteiger partial charge on any atom is -0.493 e. The zero-order chi connectivity index (χ0) is 12.7. The number of benzene rings is 1. The van der Waals surface area contributed by atoms with E-state index in [1.54, 1.807) is 0 Å². The summed E-state index contributed by atoms with van der Waals surface area (Å²) < 4.78 is 5.74. The van der Waals surface area contributed by atoms with E-state index in [1.807, 2.05) is 32.3 Å². The lowest BCUT2D eigenvalue weighted by atomic mass is 10.1. The molecule has 96 valence electrons. The first kappa shape index (κ1) is 14.0. The zero-order valence-electron chi connectivity index (χ0n) is 10.9. The standard InChI is InChI=1S/C13H23N3O/c1-4-9-17-13-8-6-5-7-11(13)12(15-14)10-16(2)3/h5-8,12,15H,4,9-10,14H2,1-3H3. The number of para-hydroxylation sites is 1. The molecule has 1 aromatic carbocycles. The van der Waals surface area contributed by atoms with Crippen LogP contribution >= 0.6 is 0 Å². The Balaban J connectivity index is 2.85. The van der Waals surface area contributed by atoms with Crippen LogP contribution in [0.1, 0.15) is 24.9 Å². The van der Waals surface area contributed by atoms with Crippen molar-refractivity contribution < 1.29 is 4.74 Å². The Hall–Kier alpha value is -1.10. The molecular weight excluding hydrogens is 214 g/mol. The van der Waals surface area contributed by atoms with Gasteiger partial charge in [0.25, 0.3) is 0 Å². The van der Waals surface area contributed by atoms with Gasteiger partial charge in [-0.1, -0.05) is 25.1 Å². The predicted octanol–water partition coefficient (Wildman–Crippen LogP) is 1.54. The number of likely N-dealkylation sites (N-methyl/N-ethyl adjacent to an activating group) is 1. The number of ether oxygens (including phenoxy) is 1. The molecule has 4 heteroatoms. The fraction of sp³-hybridized carbons (Fsp3) is 0.538. The van der Waals surface area contributed by atoms with Crippen LogP contribution in [0.4, 0.5) is 0 Å². The summed E-state index contributed by atoms with van der Waals surface area (Å²) in [5.41, 5.74) is 3.95. The van der Waals surface area contributed by atoms with Crippen molar-refractivity contribution in [3.8, 4) is 5.75 Å². The maximum absolute atomic E-state index is 5.74. The van der Waals surface area contributed by atoms with Gasteiger partial charge in [-0.2, -0.15) is 0 Å². The maximum Gasteiger partial charge on any atom is 0.124 e. The van der Waals surface area contributed by atoms with Crippen LogP contribution in [-0.4, -0.2) is 32.1 Å². The second-order valence-corrected chi connectivity index (χ2v) is 4.37. The van der Waals surface area contributed by atoms with E-state index in [2.05, 4.69) is 23.3 Å². The first-order valence-electron chi connectivity index (χ1n) is 6.01. The molecule has 0 aliphatic heterocycles. The lowest BCUT2D eigenvalue weighted by Gasteiger charge is -2.22. The Kier molecular flexibility index (Phi) is 5.97. The minimum absolute atomic E-state index is 0.0815. The molecule has 0 aliphatic rings. The van der Waals surface area contributed by atoms with Gasteiger partial charge in [0, 0.05) is 12.1 Å². The van der Waals surface area contributed by atoms with E-state index < -0.39 is 0 Å². The normalized spacial score (nSPS) is 12.8. The summed E-state index contributed by atoms with van der Waals surface area (Å²) in [6.45, 7) is 3.67. The van der Waals surface area contributed by atoms with Crippen molar-refractivity contribution in [3.63, 3.8) is 0 Å². The van der Waals surface area contributed by atoms with Crippen LogP contribution in [0.3, 0.4) is 0 Å². The Labute approximate surface area is 104 Å². The monoisotopic (exact) mass is 237 g/mol. The van der Waals surface area contributed by atoms with Gasteiger partial charge in [-0.3, -0.25) is 11.3 Å². The Morgan fingerprint density at radius 2 is 2.06 bits per heavy atom. The molecule has 0 spiro atoms. The Bertz CT molecular complexity index is 328. The lowest BCUT2D eigenvalue weighted by Crippen LogP contribution is -2.35. The molecule has 0 heterocycles. The average Bonchev–Trinajstić information content (AvgIpc) is 2.33. The highest BCUT2D eigenvalue weighted by Gasteiger charge is 2.15. The number of hydrazine groups is 1. The van der Waals surface area contributed by atoms with Crippen LogP contribution in [-0.2, 0) is 0 Å². The van der Waals surface area contributed by atoms with Crippen molar-refractivity contribution in [1.82, 2.24) is 10.3 Å². The van der Waals surface area contributed by atoms with Gasteiger partial charge in [-0.25, -0.2) is 0 Å². The zero-order valence-corrected chi connectivity index (χ0v) is 10.9. The molecule has 1 unspecified atom stereocenters. The summed E-state index contributed by atoms with van der Waals surface area (Å²) in [4.78, 5) is 2.10. The number of hydrogen-bond donors (Lipinski definition) is 2. The van der Waals surface area contributed by atoms with Crippen LogP contribution in [0.2, 0.25) is 0 Å². The largest absolute Gasteiger partial charge is 0.493 e. The second kappa shape index (κ2) is 7.27. The highest BCUT2D eigenvalue weighted by Crippen LogP contribution is 2.25. The summed E-state index contributed by atoms with van der Waals surface area (Å²) in [5.74, 6) is 6.53. The quantitative estimate of drug-likeness (QED) is 0.558. The fourth-order valence-corrected chi connectivity index (χ4v) is 1.72. The van der Waals surface area contributed by atoms with Gasteiger partial charge >= 0.3 is 0 Å². The second-order valence-electron chi connectivity index (χ2n) is 4.37. The molecule has 0 aliphatic carbocycles. The van der Waals surface area contributed by atoms with Gasteiger partial charge in [-0.15, -0.1) is 0 Å². The number of nitrogens with two attached hydrogens (primary N) is 1. The molecule has 0 fully saturated rings. The van der Waals surface area contributed by atoms with E-state index in [0.717, 1.165) is 30.9 Å². The molecule has 17 heavy (non-hydrogen) atoms. The molecule has 3 N–H and O–H groups in total. The summed E-state index contributed by atoms with van der Waals surface area (Å²) in [6.07, 6.45) is 1.00. The van der Waals surface area contributed by atoms with Gasteiger partial charge in [0.1, 0.15) is 5.75 Å². The van der Waals surface area contributed by atoms with E-state index in [-0.39, 0.29) is 6.04 Å². The smallest absolute Gasteiger partial charge is 0.124 e. The number of hydrogen-bond acceptors (Lipinski definition) is 4. The molecule has 0 saturated heterocycles. The van der Waals surface area contributed by atoms with Crippen molar-refractivity contribution in [2.45, 2.75) is 19.4 Å². The van der Waals surface area contributed by atoms with Crippen molar-refractivity contribution in [2.75, 3.05) is 27.2 Å². The van der Waals surface area contributed by atoms with E-state index in [1.165, 1.54) is 0 Å². The summed E-state index contributed by atoms with van der Waals surface area (Å²) >= 11 is 0. The van der Waals surface area contributed by atoms with Gasteiger partial charge in [0.2, 0.25) is 0 Å². The van der Waals surface area contributed by atoms with Gasteiger partial charge in [0.15, 0.2) is 0 Å². The fourth-order valence-electron chi connectivity index (χ4n) is 1.72. The average molecular weight is 237 g/mol.